The van der Waals surface area contributed by atoms with Crippen LogP contribution in [0.3, 0.4) is 0 Å². The number of hydrogen-bond acceptors (Lipinski definition) is 6. The molecule has 0 atom stereocenters. The van der Waals surface area contributed by atoms with Crippen molar-refractivity contribution in [1.29, 1.82) is 0 Å². The van der Waals surface area contributed by atoms with Crippen molar-refractivity contribution in [1.82, 2.24) is 14.9 Å². The van der Waals surface area contributed by atoms with Gasteiger partial charge in [0, 0.05) is 5.56 Å². The van der Waals surface area contributed by atoms with E-state index in [4.69, 9.17) is 9.47 Å². The van der Waals surface area contributed by atoms with Crippen LogP contribution in [-0.2, 0) is 0 Å². The Labute approximate surface area is 103 Å². The first kappa shape index (κ1) is 11.9. The number of aromatic nitrogens is 3. The number of methoxy groups -OCH3 is 2. The van der Waals surface area contributed by atoms with E-state index in [0.717, 1.165) is 5.56 Å². The summed E-state index contributed by atoms with van der Waals surface area (Å²) in [5.74, 6) is 0.598. The van der Waals surface area contributed by atoms with Gasteiger partial charge in [-0.25, -0.2) is 4.68 Å². The second-order valence-electron chi connectivity index (χ2n) is 3.36. The topological polar surface area (TPSA) is 81.8 Å². The smallest absolute Gasteiger partial charge is 0.200 e. The molecule has 0 spiro atoms. The highest BCUT2D eigenvalue weighted by Gasteiger charge is 2.10. The number of benzene rings is 1. The van der Waals surface area contributed by atoms with Gasteiger partial charge in [-0.15, -0.1) is 10.2 Å². The Balaban J connectivity index is 2.33. The molecule has 94 valence electrons. The first-order valence-corrected chi connectivity index (χ1v) is 5.08. The molecule has 0 bridgehead atoms. The second-order valence-corrected chi connectivity index (χ2v) is 3.36. The van der Waals surface area contributed by atoms with Crippen molar-refractivity contribution in [3.8, 4) is 17.2 Å². The van der Waals surface area contributed by atoms with Gasteiger partial charge in [0.1, 0.15) is 12.7 Å². The lowest BCUT2D eigenvalue weighted by Crippen LogP contribution is -1.93. The van der Waals surface area contributed by atoms with Gasteiger partial charge in [-0.2, -0.15) is 5.10 Å². The van der Waals surface area contributed by atoms with Crippen LogP contribution in [0.2, 0.25) is 0 Å². The Morgan fingerprint density at radius 3 is 2.22 bits per heavy atom. The van der Waals surface area contributed by atoms with E-state index < -0.39 is 0 Å². The summed E-state index contributed by atoms with van der Waals surface area (Å²) in [6, 6.07) is 3.29. The van der Waals surface area contributed by atoms with E-state index in [1.807, 2.05) is 0 Å². The van der Waals surface area contributed by atoms with Crippen molar-refractivity contribution in [2.45, 2.75) is 0 Å². The zero-order chi connectivity index (χ0) is 13.0. The minimum absolute atomic E-state index is 0.0403. The van der Waals surface area contributed by atoms with Crippen LogP contribution in [0.4, 0.5) is 0 Å². The highest BCUT2D eigenvalue weighted by atomic mass is 16.5. The summed E-state index contributed by atoms with van der Waals surface area (Å²) in [6.07, 6.45) is 4.50. The lowest BCUT2D eigenvalue weighted by atomic mass is 10.2. The van der Waals surface area contributed by atoms with Gasteiger partial charge in [-0.3, -0.25) is 0 Å². The maximum atomic E-state index is 9.75. The molecule has 0 saturated heterocycles. The predicted molar refractivity (Wildman–Crippen MR) is 64.2 cm³/mol. The average Bonchev–Trinajstić information content (AvgIpc) is 2.90. The molecule has 1 N–H and O–H groups in total. The van der Waals surface area contributed by atoms with Gasteiger partial charge in [-0.1, -0.05) is 0 Å². The molecule has 0 aliphatic carbocycles. The Bertz CT molecular complexity index is 526. The highest BCUT2D eigenvalue weighted by Crippen LogP contribution is 2.36. The summed E-state index contributed by atoms with van der Waals surface area (Å²) in [7, 11) is 2.93. The number of rotatable bonds is 4. The van der Waals surface area contributed by atoms with Gasteiger partial charge in [0.05, 0.1) is 20.4 Å². The molecule has 1 aromatic carbocycles. The molecular weight excluding hydrogens is 236 g/mol. The summed E-state index contributed by atoms with van der Waals surface area (Å²) in [6.45, 7) is 0. The molecule has 7 nitrogen and oxygen atoms in total. The van der Waals surface area contributed by atoms with Crippen LogP contribution in [-0.4, -0.2) is 40.4 Å². The Kier molecular flexibility index (Phi) is 3.42. The summed E-state index contributed by atoms with van der Waals surface area (Å²) in [5.41, 5.74) is 0.718. The maximum absolute atomic E-state index is 9.75. The van der Waals surface area contributed by atoms with Gasteiger partial charge in [0.2, 0.25) is 5.75 Å². The SMILES string of the molecule is COc1cc(C=Nn2cnnc2)cc(OC)c1O. The summed E-state index contributed by atoms with van der Waals surface area (Å²) in [4.78, 5) is 0. The Morgan fingerprint density at radius 1 is 1.17 bits per heavy atom. The lowest BCUT2D eigenvalue weighted by molar-refractivity contribution is 0.340. The molecule has 0 radical (unpaired) electrons. The zero-order valence-electron chi connectivity index (χ0n) is 9.94. The molecule has 0 saturated carbocycles. The van der Waals surface area contributed by atoms with E-state index >= 15 is 0 Å². The van der Waals surface area contributed by atoms with Crippen molar-refractivity contribution in [3.05, 3.63) is 30.4 Å². The minimum atomic E-state index is -0.0403. The molecule has 2 aromatic rings. The van der Waals surface area contributed by atoms with E-state index in [2.05, 4.69) is 15.3 Å². The summed E-state index contributed by atoms with van der Waals surface area (Å²) in [5, 5.41) is 21.1. The molecule has 0 aliphatic heterocycles. The molecule has 18 heavy (non-hydrogen) atoms. The molecule has 0 fully saturated rings. The quantitative estimate of drug-likeness (QED) is 0.812. The molecule has 0 unspecified atom stereocenters. The van der Waals surface area contributed by atoms with E-state index in [1.54, 1.807) is 18.3 Å². The fourth-order valence-electron chi connectivity index (χ4n) is 1.38. The van der Waals surface area contributed by atoms with Crippen molar-refractivity contribution in [3.63, 3.8) is 0 Å². The molecule has 0 aliphatic rings. The van der Waals surface area contributed by atoms with Gasteiger partial charge in [0.15, 0.2) is 11.5 Å². The first-order valence-electron chi connectivity index (χ1n) is 5.08. The highest BCUT2D eigenvalue weighted by molar-refractivity contribution is 5.82. The van der Waals surface area contributed by atoms with E-state index in [9.17, 15) is 5.11 Å². The van der Waals surface area contributed by atoms with Crippen LogP contribution in [0, 0.1) is 0 Å². The maximum Gasteiger partial charge on any atom is 0.200 e. The van der Waals surface area contributed by atoms with Gasteiger partial charge in [-0.05, 0) is 12.1 Å². The van der Waals surface area contributed by atoms with Crippen LogP contribution < -0.4 is 9.47 Å². The van der Waals surface area contributed by atoms with Gasteiger partial charge < -0.3 is 14.6 Å². The monoisotopic (exact) mass is 248 g/mol. The van der Waals surface area contributed by atoms with E-state index in [0.29, 0.717) is 11.5 Å². The molecule has 1 heterocycles. The van der Waals surface area contributed by atoms with Gasteiger partial charge in [0.25, 0.3) is 0 Å². The number of hydrogen-bond donors (Lipinski definition) is 1. The van der Waals surface area contributed by atoms with Crippen molar-refractivity contribution in [2.75, 3.05) is 14.2 Å². The molecule has 2 rings (SSSR count). The van der Waals surface area contributed by atoms with E-state index in [1.165, 1.54) is 31.6 Å². The van der Waals surface area contributed by atoms with Crippen molar-refractivity contribution in [2.24, 2.45) is 5.10 Å². The largest absolute Gasteiger partial charge is 0.502 e. The minimum Gasteiger partial charge on any atom is -0.502 e. The number of aromatic hydroxyl groups is 1. The number of phenolic OH excluding ortho intramolecular Hbond substituents is 1. The van der Waals surface area contributed by atoms with Crippen molar-refractivity contribution < 1.29 is 14.6 Å². The number of ether oxygens (including phenoxy) is 2. The summed E-state index contributed by atoms with van der Waals surface area (Å²) >= 11 is 0. The van der Waals surface area contributed by atoms with Crippen LogP contribution >= 0.6 is 0 Å². The number of nitrogens with zero attached hydrogens (tertiary/aromatic N) is 4. The van der Waals surface area contributed by atoms with Crippen LogP contribution in [0.15, 0.2) is 29.9 Å². The summed E-state index contributed by atoms with van der Waals surface area (Å²) < 4.78 is 11.5. The second kappa shape index (κ2) is 5.17. The molecule has 1 aromatic heterocycles. The standard InChI is InChI=1S/C11H12N4O3/c1-17-9-3-8(4-10(18-2)11(9)16)5-14-15-6-12-13-7-15/h3-7,16H,1-2H3. The first-order chi connectivity index (χ1) is 8.74. The number of phenols is 1. The third kappa shape index (κ3) is 2.40. The fraction of sp³-hybridized carbons (Fsp3) is 0.182. The third-order valence-corrected chi connectivity index (χ3v) is 2.25. The van der Waals surface area contributed by atoms with Crippen molar-refractivity contribution >= 4 is 6.21 Å². The molecular formula is C11H12N4O3. The Hall–Kier alpha value is -2.57. The van der Waals surface area contributed by atoms with Crippen LogP contribution in [0.5, 0.6) is 17.2 Å². The van der Waals surface area contributed by atoms with Crippen LogP contribution in [0.1, 0.15) is 5.56 Å². The fourth-order valence-corrected chi connectivity index (χ4v) is 1.38. The normalized spacial score (nSPS) is 10.8. The predicted octanol–water partition coefficient (Wildman–Crippen LogP) is 0.883. The van der Waals surface area contributed by atoms with Crippen LogP contribution in [0.25, 0.3) is 0 Å². The molecule has 0 amide bonds. The van der Waals surface area contributed by atoms with E-state index in [-0.39, 0.29) is 5.75 Å². The zero-order valence-corrected chi connectivity index (χ0v) is 9.94. The van der Waals surface area contributed by atoms with Gasteiger partial charge >= 0.3 is 0 Å². The average molecular weight is 248 g/mol. The third-order valence-electron chi connectivity index (χ3n) is 2.25. The lowest BCUT2D eigenvalue weighted by Gasteiger charge is -2.09. The Morgan fingerprint density at radius 2 is 1.72 bits per heavy atom. The molecule has 7 heteroatoms.